The van der Waals surface area contributed by atoms with E-state index < -0.39 is 0 Å². The minimum atomic E-state index is 0.0611. The highest BCUT2D eigenvalue weighted by atomic mass is 16.2. The molecule has 0 saturated carbocycles. The van der Waals surface area contributed by atoms with Gasteiger partial charge in [-0.3, -0.25) is 9.89 Å². The Hall–Kier alpha value is -3.55. The minimum Gasteiger partial charge on any atom is -0.338 e. The lowest BCUT2D eigenvalue weighted by Gasteiger charge is -2.32. The molecule has 1 N–H and O–H groups in total. The Morgan fingerprint density at radius 3 is 2.57 bits per heavy atom. The van der Waals surface area contributed by atoms with Gasteiger partial charge in [-0.2, -0.15) is 5.10 Å². The molecule has 1 fully saturated rings. The number of nitrogens with one attached hydrogen (secondary N) is 1. The highest BCUT2D eigenvalue weighted by molar-refractivity contribution is 5.94. The van der Waals surface area contributed by atoms with Crippen LogP contribution in [-0.2, 0) is 0 Å². The van der Waals surface area contributed by atoms with Crippen molar-refractivity contribution in [3.63, 3.8) is 0 Å². The number of benzene rings is 2. The Bertz CT molecular complexity index is 1090. The van der Waals surface area contributed by atoms with Crippen molar-refractivity contribution < 1.29 is 4.79 Å². The molecule has 1 saturated heterocycles. The van der Waals surface area contributed by atoms with Gasteiger partial charge < -0.3 is 4.90 Å². The van der Waals surface area contributed by atoms with Crippen LogP contribution >= 0.6 is 0 Å². The number of fused-ring (bicyclic) bond motifs is 1. The maximum Gasteiger partial charge on any atom is 0.253 e. The standard InChI is InChI=1S/C20H19N7O/c28-20(15-7-5-14(6-8-15)19-21-13-22-24-19)26-11-9-16(10-12-26)27-18-4-2-1-3-17(18)23-25-27/h1-8,13,16H,9-12H2,(H,21,22,24). The number of likely N-dealkylation sites (tertiary alicyclic amines) is 1. The summed E-state index contributed by atoms with van der Waals surface area (Å²) in [5, 5.41) is 15.3. The van der Waals surface area contributed by atoms with Crippen molar-refractivity contribution in [2.45, 2.75) is 18.9 Å². The molecule has 1 amide bonds. The summed E-state index contributed by atoms with van der Waals surface area (Å²) in [6.07, 6.45) is 3.21. The van der Waals surface area contributed by atoms with Crippen molar-refractivity contribution in [3.05, 3.63) is 60.4 Å². The fourth-order valence-corrected chi connectivity index (χ4v) is 3.77. The summed E-state index contributed by atoms with van der Waals surface area (Å²) in [6, 6.07) is 15.7. The molecule has 2 aromatic heterocycles. The van der Waals surface area contributed by atoms with Crippen molar-refractivity contribution >= 4 is 16.9 Å². The summed E-state index contributed by atoms with van der Waals surface area (Å²) in [4.78, 5) is 18.9. The predicted octanol–water partition coefficient (Wildman–Crippen LogP) is 2.69. The third-order valence-electron chi connectivity index (χ3n) is 5.30. The average molecular weight is 373 g/mol. The van der Waals surface area contributed by atoms with Crippen LogP contribution in [0.1, 0.15) is 29.2 Å². The molecule has 0 spiro atoms. The van der Waals surface area contributed by atoms with Crippen LogP contribution in [0.2, 0.25) is 0 Å². The van der Waals surface area contributed by atoms with Crippen LogP contribution in [0.25, 0.3) is 22.4 Å². The van der Waals surface area contributed by atoms with E-state index in [1.807, 2.05) is 58.1 Å². The van der Waals surface area contributed by atoms with E-state index in [0.717, 1.165) is 29.4 Å². The third kappa shape index (κ3) is 2.92. The van der Waals surface area contributed by atoms with Gasteiger partial charge in [0.1, 0.15) is 11.8 Å². The summed E-state index contributed by atoms with van der Waals surface area (Å²) in [5.74, 6) is 0.755. The first-order valence-electron chi connectivity index (χ1n) is 9.34. The Labute approximate surface area is 161 Å². The zero-order valence-electron chi connectivity index (χ0n) is 15.2. The Morgan fingerprint density at radius 2 is 1.82 bits per heavy atom. The first-order chi connectivity index (χ1) is 13.8. The number of carbonyl (C=O) groups is 1. The van der Waals surface area contributed by atoms with E-state index in [1.54, 1.807) is 0 Å². The largest absolute Gasteiger partial charge is 0.338 e. The number of hydrogen-bond donors (Lipinski definition) is 1. The molecule has 0 unspecified atom stereocenters. The summed E-state index contributed by atoms with van der Waals surface area (Å²) in [7, 11) is 0. The van der Waals surface area contributed by atoms with E-state index in [-0.39, 0.29) is 11.9 Å². The molecule has 4 aromatic rings. The summed E-state index contributed by atoms with van der Waals surface area (Å²) < 4.78 is 2.00. The molecule has 0 atom stereocenters. The van der Waals surface area contributed by atoms with Crippen molar-refractivity contribution in [1.82, 2.24) is 35.1 Å². The topological polar surface area (TPSA) is 92.6 Å². The molecule has 2 aromatic carbocycles. The highest BCUT2D eigenvalue weighted by Gasteiger charge is 2.26. The van der Waals surface area contributed by atoms with E-state index >= 15 is 0 Å². The summed E-state index contributed by atoms with van der Waals surface area (Å²) >= 11 is 0. The number of para-hydroxylation sites is 1. The van der Waals surface area contributed by atoms with E-state index in [4.69, 9.17) is 0 Å². The molecule has 28 heavy (non-hydrogen) atoms. The van der Waals surface area contributed by atoms with Gasteiger partial charge in [-0.25, -0.2) is 9.67 Å². The van der Waals surface area contributed by atoms with E-state index in [1.165, 1.54) is 6.33 Å². The van der Waals surface area contributed by atoms with Crippen molar-refractivity contribution in [3.8, 4) is 11.4 Å². The van der Waals surface area contributed by atoms with Crippen LogP contribution in [0.4, 0.5) is 0 Å². The fourth-order valence-electron chi connectivity index (χ4n) is 3.77. The van der Waals surface area contributed by atoms with Gasteiger partial charge in [0.25, 0.3) is 5.91 Å². The molecule has 8 nitrogen and oxygen atoms in total. The minimum absolute atomic E-state index is 0.0611. The monoisotopic (exact) mass is 373 g/mol. The van der Waals surface area contributed by atoms with Gasteiger partial charge in [-0.1, -0.05) is 29.5 Å². The number of rotatable bonds is 3. The number of nitrogens with zero attached hydrogens (tertiary/aromatic N) is 6. The number of aromatic amines is 1. The average Bonchev–Trinajstić information content (AvgIpc) is 3.44. The number of amides is 1. The lowest BCUT2D eigenvalue weighted by Crippen LogP contribution is -2.39. The fraction of sp³-hybridized carbons (Fsp3) is 0.250. The van der Waals surface area contributed by atoms with Gasteiger partial charge in [0, 0.05) is 24.2 Å². The van der Waals surface area contributed by atoms with Crippen molar-refractivity contribution in [2.75, 3.05) is 13.1 Å². The lowest BCUT2D eigenvalue weighted by atomic mass is 10.0. The van der Waals surface area contributed by atoms with E-state index in [9.17, 15) is 4.79 Å². The molecule has 1 aliphatic heterocycles. The normalized spacial score (nSPS) is 15.2. The molecular formula is C20H19N7O. The van der Waals surface area contributed by atoms with Crippen LogP contribution in [0, 0.1) is 0 Å². The smallest absolute Gasteiger partial charge is 0.253 e. The maximum atomic E-state index is 12.9. The quantitative estimate of drug-likeness (QED) is 0.596. The molecule has 8 heteroatoms. The van der Waals surface area contributed by atoms with Crippen LogP contribution < -0.4 is 0 Å². The molecule has 140 valence electrons. The van der Waals surface area contributed by atoms with Gasteiger partial charge in [0.15, 0.2) is 5.82 Å². The van der Waals surface area contributed by atoms with Crippen LogP contribution in [-0.4, -0.2) is 54.1 Å². The number of aromatic nitrogens is 6. The summed E-state index contributed by atoms with van der Waals surface area (Å²) in [6.45, 7) is 1.42. The number of H-pyrrole nitrogens is 1. The van der Waals surface area contributed by atoms with Gasteiger partial charge in [0.2, 0.25) is 0 Å². The number of hydrogen-bond acceptors (Lipinski definition) is 5. The second kappa shape index (κ2) is 6.88. The molecule has 5 rings (SSSR count). The third-order valence-corrected chi connectivity index (χ3v) is 5.30. The maximum absolute atomic E-state index is 12.9. The van der Waals surface area contributed by atoms with E-state index in [0.29, 0.717) is 24.5 Å². The molecular weight excluding hydrogens is 354 g/mol. The molecule has 1 aliphatic rings. The SMILES string of the molecule is O=C(c1ccc(-c2ncn[nH]2)cc1)N1CCC(n2nnc3ccccc32)CC1. The lowest BCUT2D eigenvalue weighted by molar-refractivity contribution is 0.0691. The predicted molar refractivity (Wildman–Crippen MR) is 104 cm³/mol. The Kier molecular flexibility index (Phi) is 4.08. The number of piperidine rings is 1. The van der Waals surface area contributed by atoms with E-state index in [2.05, 4.69) is 25.5 Å². The molecule has 0 aliphatic carbocycles. The first kappa shape index (κ1) is 16.6. The molecule has 0 bridgehead atoms. The van der Waals surface area contributed by atoms with Crippen LogP contribution in [0.15, 0.2) is 54.9 Å². The first-order valence-corrected chi connectivity index (χ1v) is 9.34. The second-order valence-electron chi connectivity index (χ2n) is 6.96. The summed E-state index contributed by atoms with van der Waals surface area (Å²) in [5.41, 5.74) is 3.56. The van der Waals surface area contributed by atoms with Gasteiger partial charge in [-0.05, 0) is 37.1 Å². The Balaban J connectivity index is 1.27. The second-order valence-corrected chi connectivity index (χ2v) is 6.96. The van der Waals surface area contributed by atoms with Crippen LogP contribution in [0.5, 0.6) is 0 Å². The van der Waals surface area contributed by atoms with Crippen LogP contribution in [0.3, 0.4) is 0 Å². The van der Waals surface area contributed by atoms with Gasteiger partial charge >= 0.3 is 0 Å². The zero-order chi connectivity index (χ0) is 18.9. The van der Waals surface area contributed by atoms with Crippen molar-refractivity contribution in [1.29, 1.82) is 0 Å². The number of carbonyl (C=O) groups excluding carboxylic acids is 1. The Morgan fingerprint density at radius 1 is 1.04 bits per heavy atom. The molecule has 3 heterocycles. The zero-order valence-corrected chi connectivity index (χ0v) is 15.2. The van der Waals surface area contributed by atoms with Gasteiger partial charge in [-0.15, -0.1) is 5.10 Å². The van der Waals surface area contributed by atoms with Crippen molar-refractivity contribution in [2.24, 2.45) is 0 Å². The van der Waals surface area contributed by atoms with Gasteiger partial charge in [0.05, 0.1) is 11.6 Å². The molecule has 0 radical (unpaired) electrons. The highest BCUT2D eigenvalue weighted by Crippen LogP contribution is 2.26.